The molecule has 1 heterocycles. The molecule has 0 aliphatic rings. The minimum atomic E-state index is 0.369. The monoisotopic (exact) mass is 231 g/mol. The van der Waals surface area contributed by atoms with Crippen molar-refractivity contribution in [2.75, 3.05) is 6.54 Å². The van der Waals surface area contributed by atoms with E-state index < -0.39 is 0 Å². The van der Waals surface area contributed by atoms with Gasteiger partial charge in [0, 0.05) is 12.5 Å². The van der Waals surface area contributed by atoms with Crippen LogP contribution in [0.5, 0.6) is 0 Å². The van der Waals surface area contributed by atoms with Gasteiger partial charge in [0.1, 0.15) is 0 Å². The second kappa shape index (κ2) is 5.54. The molecule has 1 aromatic carbocycles. The summed E-state index contributed by atoms with van der Waals surface area (Å²) in [5.74, 6) is 0.879. The molecule has 0 saturated heterocycles. The van der Waals surface area contributed by atoms with Gasteiger partial charge in [-0.3, -0.25) is 0 Å². The minimum absolute atomic E-state index is 0.369. The molecule has 1 aromatic heterocycles. The smallest absolute Gasteiger partial charge is 0.158 e. The predicted molar refractivity (Wildman–Crippen MR) is 66.0 cm³/mol. The number of para-hydroxylation sites is 1. The van der Waals surface area contributed by atoms with Gasteiger partial charge in [0.25, 0.3) is 0 Å². The van der Waals surface area contributed by atoms with Crippen molar-refractivity contribution >= 4 is 0 Å². The van der Waals surface area contributed by atoms with Crippen molar-refractivity contribution in [1.29, 1.82) is 0 Å². The first kappa shape index (κ1) is 11.7. The lowest BCUT2D eigenvalue weighted by Gasteiger charge is -2.11. The van der Waals surface area contributed by atoms with Crippen LogP contribution in [0, 0.1) is 0 Å². The Balaban J connectivity index is 2.18. The Kier molecular flexibility index (Phi) is 3.82. The van der Waals surface area contributed by atoms with Crippen LogP contribution in [0.2, 0.25) is 0 Å². The highest BCUT2D eigenvalue weighted by Crippen LogP contribution is 2.08. The first-order valence-electron chi connectivity index (χ1n) is 5.87. The lowest BCUT2D eigenvalue weighted by molar-refractivity contribution is 0.545. The second-order valence-corrected chi connectivity index (χ2v) is 4.01. The van der Waals surface area contributed by atoms with Crippen LogP contribution in [0.15, 0.2) is 30.3 Å². The Morgan fingerprint density at radius 3 is 2.76 bits per heavy atom. The summed E-state index contributed by atoms with van der Waals surface area (Å²) in [5, 5.41) is 15.2. The molecule has 0 amide bonds. The van der Waals surface area contributed by atoms with Gasteiger partial charge in [0.2, 0.25) is 0 Å². The lowest BCUT2D eigenvalue weighted by Crippen LogP contribution is -2.28. The number of benzene rings is 1. The molecule has 5 heteroatoms. The summed E-state index contributed by atoms with van der Waals surface area (Å²) < 4.78 is 1.79. The van der Waals surface area contributed by atoms with Gasteiger partial charge in [-0.1, -0.05) is 25.1 Å². The molecule has 17 heavy (non-hydrogen) atoms. The summed E-state index contributed by atoms with van der Waals surface area (Å²) in [6, 6.07) is 10.3. The first-order chi connectivity index (χ1) is 8.31. The predicted octanol–water partition coefficient (Wildman–Crippen LogP) is 1.20. The molecule has 90 valence electrons. The fraction of sp³-hybridized carbons (Fsp3) is 0.417. The maximum Gasteiger partial charge on any atom is 0.158 e. The van der Waals surface area contributed by atoms with Crippen molar-refractivity contribution in [3.63, 3.8) is 0 Å². The van der Waals surface area contributed by atoms with Crippen LogP contribution in [0.4, 0.5) is 0 Å². The van der Waals surface area contributed by atoms with Gasteiger partial charge >= 0.3 is 0 Å². The molecular weight excluding hydrogens is 214 g/mol. The number of rotatable bonds is 5. The minimum Gasteiger partial charge on any atom is -0.314 e. The molecule has 0 spiro atoms. The van der Waals surface area contributed by atoms with Gasteiger partial charge in [-0.2, -0.15) is 4.68 Å². The van der Waals surface area contributed by atoms with Crippen molar-refractivity contribution in [3.8, 4) is 5.69 Å². The average Bonchev–Trinajstić information content (AvgIpc) is 2.78. The highest BCUT2D eigenvalue weighted by molar-refractivity contribution is 5.30. The molecular formula is C12H17N5. The fourth-order valence-electron chi connectivity index (χ4n) is 1.80. The molecule has 0 bridgehead atoms. The summed E-state index contributed by atoms with van der Waals surface area (Å²) in [5.41, 5.74) is 0.996. The Morgan fingerprint density at radius 2 is 2.06 bits per heavy atom. The van der Waals surface area contributed by atoms with Gasteiger partial charge in [0.15, 0.2) is 5.82 Å². The Labute approximate surface area is 101 Å². The van der Waals surface area contributed by atoms with E-state index in [2.05, 4.69) is 34.7 Å². The molecule has 0 saturated carbocycles. The third kappa shape index (κ3) is 2.88. The van der Waals surface area contributed by atoms with Gasteiger partial charge in [-0.05, 0) is 36.0 Å². The van der Waals surface area contributed by atoms with E-state index in [0.717, 1.165) is 24.5 Å². The molecule has 2 aromatic rings. The number of hydrogen-bond acceptors (Lipinski definition) is 4. The Morgan fingerprint density at radius 1 is 1.29 bits per heavy atom. The van der Waals surface area contributed by atoms with Crippen molar-refractivity contribution in [2.24, 2.45) is 0 Å². The van der Waals surface area contributed by atoms with E-state index in [1.54, 1.807) is 4.68 Å². The third-order valence-electron chi connectivity index (χ3n) is 2.58. The van der Waals surface area contributed by atoms with Gasteiger partial charge in [-0.25, -0.2) is 0 Å². The van der Waals surface area contributed by atoms with Crippen LogP contribution in [0.1, 0.15) is 19.7 Å². The maximum atomic E-state index is 4.08. The van der Waals surface area contributed by atoms with E-state index in [1.807, 2.05) is 30.3 Å². The van der Waals surface area contributed by atoms with E-state index in [9.17, 15) is 0 Å². The van der Waals surface area contributed by atoms with E-state index >= 15 is 0 Å². The van der Waals surface area contributed by atoms with Crippen LogP contribution in [0.25, 0.3) is 5.69 Å². The molecule has 1 N–H and O–H groups in total. The van der Waals surface area contributed by atoms with Gasteiger partial charge in [0.05, 0.1) is 5.69 Å². The normalized spacial score (nSPS) is 12.6. The average molecular weight is 231 g/mol. The molecule has 1 unspecified atom stereocenters. The first-order valence-corrected chi connectivity index (χ1v) is 5.87. The molecule has 2 rings (SSSR count). The summed E-state index contributed by atoms with van der Waals surface area (Å²) in [6.07, 6.45) is 0.815. The quantitative estimate of drug-likeness (QED) is 0.840. The zero-order valence-electron chi connectivity index (χ0n) is 10.2. The molecule has 0 aliphatic heterocycles. The SMILES string of the molecule is CCNC(C)Cc1nnnn1-c1ccccc1. The highest BCUT2D eigenvalue weighted by Gasteiger charge is 2.11. The summed E-state index contributed by atoms with van der Waals surface area (Å²) >= 11 is 0. The number of nitrogens with one attached hydrogen (secondary N) is 1. The third-order valence-corrected chi connectivity index (χ3v) is 2.58. The number of tetrazole rings is 1. The van der Waals surface area contributed by atoms with Gasteiger partial charge < -0.3 is 5.32 Å². The highest BCUT2D eigenvalue weighted by atomic mass is 15.5. The van der Waals surface area contributed by atoms with E-state index in [1.165, 1.54) is 0 Å². The fourth-order valence-corrected chi connectivity index (χ4v) is 1.80. The maximum absolute atomic E-state index is 4.08. The van der Waals surface area contributed by atoms with Crippen LogP contribution in [-0.2, 0) is 6.42 Å². The van der Waals surface area contributed by atoms with Crippen molar-refractivity contribution in [1.82, 2.24) is 25.5 Å². The molecule has 0 aliphatic carbocycles. The van der Waals surface area contributed by atoms with Crippen molar-refractivity contribution < 1.29 is 0 Å². The largest absolute Gasteiger partial charge is 0.314 e. The molecule has 1 atom stereocenters. The molecule has 5 nitrogen and oxygen atoms in total. The number of nitrogens with zero attached hydrogens (tertiary/aromatic N) is 4. The van der Waals surface area contributed by atoms with Crippen LogP contribution < -0.4 is 5.32 Å². The van der Waals surface area contributed by atoms with Gasteiger partial charge in [-0.15, -0.1) is 5.10 Å². The van der Waals surface area contributed by atoms with Crippen molar-refractivity contribution in [3.05, 3.63) is 36.2 Å². The summed E-state index contributed by atoms with van der Waals surface area (Å²) in [4.78, 5) is 0. The standard InChI is InChI=1S/C12H17N5/c1-3-13-10(2)9-12-14-15-16-17(12)11-7-5-4-6-8-11/h4-8,10,13H,3,9H2,1-2H3. The number of hydrogen-bond donors (Lipinski definition) is 1. The lowest BCUT2D eigenvalue weighted by atomic mass is 10.2. The second-order valence-electron chi connectivity index (χ2n) is 4.01. The molecule has 0 fully saturated rings. The van der Waals surface area contributed by atoms with E-state index in [4.69, 9.17) is 0 Å². The Hall–Kier alpha value is -1.75. The zero-order valence-corrected chi connectivity index (χ0v) is 10.2. The number of likely N-dealkylation sites (N-methyl/N-ethyl adjacent to an activating group) is 1. The van der Waals surface area contributed by atoms with E-state index in [-0.39, 0.29) is 0 Å². The molecule has 0 radical (unpaired) electrons. The van der Waals surface area contributed by atoms with E-state index in [0.29, 0.717) is 6.04 Å². The topological polar surface area (TPSA) is 55.6 Å². The van der Waals surface area contributed by atoms with Crippen LogP contribution >= 0.6 is 0 Å². The summed E-state index contributed by atoms with van der Waals surface area (Å²) in [6.45, 7) is 5.18. The van der Waals surface area contributed by atoms with Crippen molar-refractivity contribution in [2.45, 2.75) is 26.3 Å². The zero-order chi connectivity index (χ0) is 12.1. The summed E-state index contributed by atoms with van der Waals surface area (Å²) in [7, 11) is 0. The number of aromatic nitrogens is 4. The van der Waals surface area contributed by atoms with Crippen LogP contribution in [-0.4, -0.2) is 32.8 Å². The van der Waals surface area contributed by atoms with Crippen LogP contribution in [0.3, 0.4) is 0 Å². The Bertz CT molecular complexity index is 451.